The molecule has 3 rings (SSSR count). The lowest BCUT2D eigenvalue weighted by molar-refractivity contribution is -0.152. The number of likely N-dealkylation sites (N-methyl/N-ethyl adjacent to an activating group) is 2. The van der Waals surface area contributed by atoms with Crippen LogP contribution in [0.3, 0.4) is 0 Å². The van der Waals surface area contributed by atoms with Gasteiger partial charge in [0, 0.05) is 59.9 Å². The van der Waals surface area contributed by atoms with Gasteiger partial charge >= 0.3 is 5.97 Å². The molecule has 2 heterocycles. The first-order valence-corrected chi connectivity index (χ1v) is 23.7. The van der Waals surface area contributed by atoms with E-state index in [1.807, 2.05) is 26.0 Å². The molecular weight excluding hydrogens is 899 g/mol. The minimum Gasteiger partial charge on any atom is -0.480 e. The fourth-order valence-electron chi connectivity index (χ4n) is 8.37. The molecule has 21 heteroatoms. The lowest BCUT2D eigenvalue weighted by Crippen LogP contribution is -2.58. The van der Waals surface area contributed by atoms with Crippen LogP contribution in [0, 0.1) is 11.8 Å². The van der Waals surface area contributed by atoms with Crippen molar-refractivity contribution < 1.29 is 67.2 Å². The van der Waals surface area contributed by atoms with E-state index in [1.165, 1.54) is 36.0 Å². The molecule has 2 saturated heterocycles. The van der Waals surface area contributed by atoms with Gasteiger partial charge in [-0.3, -0.25) is 48.1 Å². The number of carbonyl (C=O) groups is 9. The molecule has 2 fully saturated rings. The zero-order chi connectivity index (χ0) is 51.4. The van der Waals surface area contributed by atoms with Crippen molar-refractivity contribution in [2.75, 3.05) is 86.2 Å². The van der Waals surface area contributed by atoms with Crippen molar-refractivity contribution in [3.05, 3.63) is 29.8 Å². The molecule has 2 aliphatic heterocycles. The number of aryl methyl sites for hydroxylation is 1. The number of ether oxygens (including phenoxy) is 4. The minimum atomic E-state index is -1.34. The molecule has 1 aromatic carbocycles. The Kier molecular flexibility index (Phi) is 23.6. The van der Waals surface area contributed by atoms with E-state index in [2.05, 4.69) is 16.0 Å². The number of likely N-dealkylation sites (tertiary alicyclic amines) is 2. The van der Waals surface area contributed by atoms with Crippen molar-refractivity contribution in [3.63, 3.8) is 0 Å². The molecule has 6 atom stereocenters. The zero-order valence-corrected chi connectivity index (χ0v) is 41.8. The molecule has 2 aliphatic rings. The topological polar surface area (TPSA) is 260 Å². The summed E-state index contributed by atoms with van der Waals surface area (Å²) in [6.45, 7) is 9.23. The van der Waals surface area contributed by atoms with E-state index >= 15 is 0 Å². The van der Waals surface area contributed by atoms with Crippen molar-refractivity contribution in [2.45, 2.75) is 122 Å². The summed E-state index contributed by atoms with van der Waals surface area (Å²) in [6.07, 6.45) is 1.64. The van der Waals surface area contributed by atoms with Gasteiger partial charge in [-0.1, -0.05) is 39.3 Å². The van der Waals surface area contributed by atoms with Crippen LogP contribution in [-0.4, -0.2) is 189 Å². The fourth-order valence-corrected chi connectivity index (χ4v) is 8.37. The number of amides is 8. The van der Waals surface area contributed by atoms with Crippen LogP contribution in [0.15, 0.2) is 24.3 Å². The molecule has 4 N–H and O–H groups in total. The summed E-state index contributed by atoms with van der Waals surface area (Å²) in [6, 6.07) is 6.14. The zero-order valence-electron chi connectivity index (χ0n) is 41.8. The summed E-state index contributed by atoms with van der Waals surface area (Å²) in [5.74, 6) is -4.70. The number of rotatable bonds is 30. The summed E-state index contributed by atoms with van der Waals surface area (Å²) in [7, 11) is 6.01. The third-order valence-electron chi connectivity index (χ3n) is 13.2. The lowest BCUT2D eigenvalue weighted by Gasteiger charge is -2.39. The van der Waals surface area contributed by atoms with Crippen molar-refractivity contribution in [1.29, 1.82) is 0 Å². The fraction of sp³-hybridized carbons (Fsp3) is 0.688. The first-order chi connectivity index (χ1) is 32.7. The smallest absolute Gasteiger partial charge is 0.322 e. The van der Waals surface area contributed by atoms with E-state index in [1.54, 1.807) is 44.9 Å². The van der Waals surface area contributed by atoms with Crippen LogP contribution in [0.4, 0.5) is 5.69 Å². The molecule has 0 saturated carbocycles. The molecule has 386 valence electrons. The van der Waals surface area contributed by atoms with Gasteiger partial charge in [0.05, 0.1) is 82.4 Å². The van der Waals surface area contributed by atoms with Gasteiger partial charge in [-0.25, -0.2) is 0 Å². The number of benzene rings is 1. The number of hydrogen-bond donors (Lipinski definition) is 4. The predicted octanol–water partition coefficient (Wildman–Crippen LogP) is 1.60. The van der Waals surface area contributed by atoms with Crippen LogP contribution in [-0.2, 0) is 68.5 Å². The molecule has 0 bridgehead atoms. The number of carboxylic acids is 1. The van der Waals surface area contributed by atoms with E-state index < -0.39 is 66.0 Å². The van der Waals surface area contributed by atoms with Gasteiger partial charge in [-0.2, -0.15) is 0 Å². The molecule has 69 heavy (non-hydrogen) atoms. The maximum atomic E-state index is 13.9. The number of hydrogen-bond acceptors (Lipinski definition) is 13. The number of nitrogens with one attached hydrogen (secondary N) is 3. The van der Waals surface area contributed by atoms with Gasteiger partial charge in [0.15, 0.2) is 0 Å². The maximum absolute atomic E-state index is 13.9. The molecule has 6 unspecified atom stereocenters. The quantitative estimate of drug-likeness (QED) is 0.0631. The maximum Gasteiger partial charge on any atom is 0.322 e. The second kappa shape index (κ2) is 28.2. The van der Waals surface area contributed by atoms with E-state index in [0.29, 0.717) is 50.9 Å². The number of methoxy groups -OCH3 is 2. The summed E-state index contributed by atoms with van der Waals surface area (Å²) < 4.78 is 22.7. The number of aliphatic carboxylic acids is 1. The predicted molar refractivity (Wildman–Crippen MR) is 252 cm³/mol. The Morgan fingerprint density at radius 3 is 2.06 bits per heavy atom. The monoisotopic (exact) mass is 974 g/mol. The van der Waals surface area contributed by atoms with E-state index in [9.17, 15) is 43.2 Å². The van der Waals surface area contributed by atoms with E-state index in [4.69, 9.17) is 24.1 Å². The second-order valence-electron chi connectivity index (χ2n) is 18.1. The SMILES string of the molecule is CCC(C)C(C(CC(=O)N1CCCC1C(OC)C(C)C(=O)NCC(=O)O)OC)N(C)C(=O)CNC(=O)C(C)(C)N(C)C(=O)CCOCCOCCC(=O)Nc1ccc(CCC(=O)N2CCC2=O)cc1. The van der Waals surface area contributed by atoms with Crippen molar-refractivity contribution in [2.24, 2.45) is 11.8 Å². The van der Waals surface area contributed by atoms with Crippen LogP contribution >= 0.6 is 0 Å². The van der Waals surface area contributed by atoms with Crippen molar-refractivity contribution in [1.82, 2.24) is 30.2 Å². The highest BCUT2D eigenvalue weighted by Gasteiger charge is 2.42. The highest BCUT2D eigenvalue weighted by molar-refractivity contribution is 5.99. The molecule has 0 aliphatic carbocycles. The number of β-lactam (4-membered cyclic amide) rings is 1. The standard InChI is InChI=1S/C48H75N7O14/c1-10-31(2)44(36(66-8)28-41(60)54-22-11-12-35(54)45(67-9)32(3)46(64)49-30-43(62)63)52(6)42(61)29-50-47(65)48(4,5)53(7)38(57)21-25-69-27-26-68-24-20-37(56)51-34-16-13-33(14-17-34)15-18-39(58)55-23-19-40(55)59/h13-14,16-17,31-32,35-36,44-45H,10-12,15,18-30H2,1-9H3,(H,49,64)(H,50,65)(H,51,56)(H,62,63). The average molecular weight is 974 g/mol. The number of imide groups is 1. The minimum absolute atomic E-state index is 0.0241. The Morgan fingerprint density at radius 2 is 1.49 bits per heavy atom. The lowest BCUT2D eigenvalue weighted by atomic mass is 9.90. The van der Waals surface area contributed by atoms with Gasteiger partial charge in [0.25, 0.3) is 0 Å². The normalized spacial score (nSPS) is 16.9. The Hall–Kier alpha value is -5.51. The van der Waals surface area contributed by atoms with Crippen LogP contribution in [0.25, 0.3) is 0 Å². The highest BCUT2D eigenvalue weighted by Crippen LogP contribution is 2.29. The first kappa shape index (κ1) is 57.8. The number of nitrogens with zero attached hydrogens (tertiary/aromatic N) is 4. The third-order valence-corrected chi connectivity index (χ3v) is 13.2. The van der Waals surface area contributed by atoms with Crippen LogP contribution < -0.4 is 16.0 Å². The Balaban J connectivity index is 1.40. The van der Waals surface area contributed by atoms with E-state index in [-0.39, 0.29) is 94.1 Å². The van der Waals surface area contributed by atoms with Crippen molar-refractivity contribution >= 4 is 58.9 Å². The Morgan fingerprint density at radius 1 is 0.841 bits per heavy atom. The Bertz CT molecular complexity index is 1930. The van der Waals surface area contributed by atoms with Crippen LogP contribution in [0.5, 0.6) is 0 Å². The molecule has 21 nitrogen and oxygen atoms in total. The number of carboxylic acid groups (broad SMARTS) is 1. The molecule has 0 radical (unpaired) electrons. The van der Waals surface area contributed by atoms with E-state index in [0.717, 1.165) is 5.56 Å². The van der Waals surface area contributed by atoms with Gasteiger partial charge in [0.1, 0.15) is 12.1 Å². The van der Waals surface area contributed by atoms with Gasteiger partial charge in [0.2, 0.25) is 47.3 Å². The highest BCUT2D eigenvalue weighted by atomic mass is 16.5. The molecule has 8 amide bonds. The second-order valence-corrected chi connectivity index (χ2v) is 18.1. The summed E-state index contributed by atoms with van der Waals surface area (Å²) in [4.78, 5) is 120. The van der Waals surface area contributed by atoms with Gasteiger partial charge in [-0.15, -0.1) is 0 Å². The molecular formula is C48H75N7O14. The van der Waals surface area contributed by atoms with Crippen LogP contribution in [0.1, 0.15) is 91.5 Å². The van der Waals surface area contributed by atoms with Crippen molar-refractivity contribution in [3.8, 4) is 0 Å². The first-order valence-electron chi connectivity index (χ1n) is 23.7. The largest absolute Gasteiger partial charge is 0.480 e. The van der Waals surface area contributed by atoms with Gasteiger partial charge in [-0.05, 0) is 56.7 Å². The molecule has 0 spiro atoms. The van der Waals surface area contributed by atoms with Gasteiger partial charge < -0.3 is 54.7 Å². The average Bonchev–Trinajstić information content (AvgIpc) is 3.81. The van der Waals surface area contributed by atoms with Crippen LogP contribution in [0.2, 0.25) is 0 Å². The summed E-state index contributed by atoms with van der Waals surface area (Å²) in [5, 5.41) is 16.8. The Labute approximate surface area is 405 Å². The molecule has 1 aromatic rings. The molecule has 0 aromatic heterocycles. The summed E-state index contributed by atoms with van der Waals surface area (Å²) in [5.41, 5.74) is 0.181. The summed E-state index contributed by atoms with van der Waals surface area (Å²) >= 11 is 0. The third kappa shape index (κ3) is 17.1. The number of anilines is 1. The number of carbonyl (C=O) groups excluding carboxylic acids is 8.